The third kappa shape index (κ3) is 4.97. The molecule has 1 aromatic rings. The second kappa shape index (κ2) is 7.55. The SMILES string of the molecule is Cc1noc(C)c1C(C)CNC1CCCN(C(=O)OC(C)(C)C)C1. The van der Waals surface area contributed by atoms with Gasteiger partial charge in [0.05, 0.1) is 5.69 Å². The molecule has 1 N–H and O–H groups in total. The molecule has 2 rings (SSSR count). The van der Waals surface area contributed by atoms with E-state index in [2.05, 4.69) is 17.4 Å². The highest BCUT2D eigenvalue weighted by atomic mass is 16.6. The van der Waals surface area contributed by atoms with Crippen molar-refractivity contribution in [2.24, 2.45) is 0 Å². The maximum Gasteiger partial charge on any atom is 0.410 e. The Bertz CT molecular complexity index is 543. The molecule has 1 aromatic heterocycles. The smallest absolute Gasteiger partial charge is 0.410 e. The van der Waals surface area contributed by atoms with Crippen LogP contribution in [0.15, 0.2) is 4.52 Å². The van der Waals surface area contributed by atoms with E-state index < -0.39 is 5.60 Å². The molecule has 0 aliphatic carbocycles. The predicted octanol–water partition coefficient (Wildman–Crippen LogP) is 3.38. The standard InChI is InChI=1S/C18H31N3O3/c1-12(16-13(2)20-24-14(16)3)10-19-15-8-7-9-21(11-15)17(22)23-18(4,5)6/h12,15,19H,7-11H2,1-6H3. The topological polar surface area (TPSA) is 67.6 Å². The zero-order valence-corrected chi connectivity index (χ0v) is 15.8. The quantitative estimate of drug-likeness (QED) is 0.912. The Morgan fingerprint density at radius 1 is 1.46 bits per heavy atom. The number of amides is 1. The molecule has 136 valence electrons. The van der Waals surface area contributed by atoms with Gasteiger partial charge in [-0.05, 0) is 53.4 Å². The van der Waals surface area contributed by atoms with Crippen LogP contribution in [0.4, 0.5) is 4.79 Å². The molecule has 1 saturated heterocycles. The largest absolute Gasteiger partial charge is 0.444 e. The van der Waals surface area contributed by atoms with E-state index in [0.29, 0.717) is 18.5 Å². The molecule has 0 aromatic carbocycles. The molecule has 6 heteroatoms. The van der Waals surface area contributed by atoms with Crippen molar-refractivity contribution in [1.29, 1.82) is 0 Å². The summed E-state index contributed by atoms with van der Waals surface area (Å²) < 4.78 is 10.7. The number of ether oxygens (including phenoxy) is 1. The summed E-state index contributed by atoms with van der Waals surface area (Å²) in [6, 6.07) is 0.300. The van der Waals surface area contributed by atoms with Crippen LogP contribution in [0, 0.1) is 13.8 Å². The lowest BCUT2D eigenvalue weighted by atomic mass is 9.98. The van der Waals surface area contributed by atoms with Crippen LogP contribution < -0.4 is 5.32 Å². The number of aryl methyl sites for hydroxylation is 2. The molecule has 1 fully saturated rings. The van der Waals surface area contributed by atoms with Crippen molar-refractivity contribution in [2.75, 3.05) is 19.6 Å². The number of nitrogens with one attached hydrogen (secondary N) is 1. The highest BCUT2D eigenvalue weighted by molar-refractivity contribution is 5.68. The fourth-order valence-electron chi connectivity index (χ4n) is 3.28. The Labute approximate surface area is 144 Å². The monoisotopic (exact) mass is 337 g/mol. The van der Waals surface area contributed by atoms with Gasteiger partial charge in [0.15, 0.2) is 0 Å². The van der Waals surface area contributed by atoms with Gasteiger partial charge in [-0.1, -0.05) is 12.1 Å². The van der Waals surface area contributed by atoms with Gasteiger partial charge in [-0.3, -0.25) is 0 Å². The molecule has 6 nitrogen and oxygen atoms in total. The number of piperidine rings is 1. The third-order valence-corrected chi connectivity index (χ3v) is 4.37. The van der Waals surface area contributed by atoms with Gasteiger partial charge in [-0.2, -0.15) is 0 Å². The van der Waals surface area contributed by atoms with E-state index >= 15 is 0 Å². The zero-order valence-electron chi connectivity index (χ0n) is 15.8. The number of carbonyl (C=O) groups is 1. The van der Waals surface area contributed by atoms with Gasteiger partial charge >= 0.3 is 6.09 Å². The molecule has 2 atom stereocenters. The van der Waals surface area contributed by atoms with Crippen LogP contribution in [0.5, 0.6) is 0 Å². The van der Waals surface area contributed by atoms with Crippen molar-refractivity contribution in [3.05, 3.63) is 17.0 Å². The van der Waals surface area contributed by atoms with Gasteiger partial charge in [0.1, 0.15) is 11.4 Å². The lowest BCUT2D eigenvalue weighted by molar-refractivity contribution is 0.0187. The zero-order chi connectivity index (χ0) is 17.9. The maximum absolute atomic E-state index is 12.2. The van der Waals surface area contributed by atoms with E-state index in [1.807, 2.05) is 39.5 Å². The van der Waals surface area contributed by atoms with E-state index in [1.54, 1.807) is 0 Å². The number of likely N-dealkylation sites (tertiary alicyclic amines) is 1. The first kappa shape index (κ1) is 18.8. The number of aromatic nitrogens is 1. The van der Waals surface area contributed by atoms with Crippen molar-refractivity contribution in [3.63, 3.8) is 0 Å². The molecule has 24 heavy (non-hydrogen) atoms. The van der Waals surface area contributed by atoms with Gasteiger partial charge in [-0.25, -0.2) is 4.79 Å². The molecule has 0 spiro atoms. The van der Waals surface area contributed by atoms with Crippen LogP contribution in [-0.4, -0.2) is 47.4 Å². The van der Waals surface area contributed by atoms with Crippen LogP contribution in [0.3, 0.4) is 0 Å². The van der Waals surface area contributed by atoms with Gasteiger partial charge in [0, 0.05) is 31.2 Å². The molecule has 1 amide bonds. The summed E-state index contributed by atoms with van der Waals surface area (Å²) in [6.45, 7) is 14.1. The van der Waals surface area contributed by atoms with Crippen LogP contribution in [0.1, 0.15) is 63.5 Å². The maximum atomic E-state index is 12.2. The number of carbonyl (C=O) groups excluding carboxylic acids is 1. The lowest BCUT2D eigenvalue weighted by Gasteiger charge is -2.35. The minimum absolute atomic E-state index is 0.215. The van der Waals surface area contributed by atoms with Crippen LogP contribution in [0.2, 0.25) is 0 Å². The summed E-state index contributed by atoms with van der Waals surface area (Å²) in [6.07, 6.45) is 1.86. The van der Waals surface area contributed by atoms with Crippen LogP contribution >= 0.6 is 0 Å². The van der Waals surface area contributed by atoms with Crippen molar-refractivity contribution in [3.8, 4) is 0 Å². The first-order valence-electron chi connectivity index (χ1n) is 8.81. The van der Waals surface area contributed by atoms with Crippen molar-refractivity contribution >= 4 is 6.09 Å². The molecule has 0 saturated carbocycles. The Kier molecular flexibility index (Phi) is 5.91. The highest BCUT2D eigenvalue weighted by Crippen LogP contribution is 2.23. The van der Waals surface area contributed by atoms with E-state index in [-0.39, 0.29) is 6.09 Å². The molecule has 2 unspecified atom stereocenters. The number of hydrogen-bond donors (Lipinski definition) is 1. The fourth-order valence-corrected chi connectivity index (χ4v) is 3.28. The third-order valence-electron chi connectivity index (χ3n) is 4.37. The number of nitrogens with zero attached hydrogens (tertiary/aromatic N) is 2. The van der Waals surface area contributed by atoms with Crippen LogP contribution in [0.25, 0.3) is 0 Å². The normalized spacial score (nSPS) is 20.1. The number of hydrogen-bond acceptors (Lipinski definition) is 5. The van der Waals surface area contributed by atoms with E-state index in [1.165, 1.54) is 5.56 Å². The van der Waals surface area contributed by atoms with Crippen molar-refractivity contribution in [1.82, 2.24) is 15.4 Å². The summed E-state index contributed by atoms with van der Waals surface area (Å²) in [5.74, 6) is 1.22. The first-order valence-corrected chi connectivity index (χ1v) is 8.81. The number of rotatable bonds is 4. The predicted molar refractivity (Wildman–Crippen MR) is 93.2 cm³/mol. The second-order valence-electron chi connectivity index (χ2n) is 7.81. The fraction of sp³-hybridized carbons (Fsp3) is 0.778. The molecule has 0 radical (unpaired) electrons. The van der Waals surface area contributed by atoms with Gasteiger partial charge in [-0.15, -0.1) is 0 Å². The van der Waals surface area contributed by atoms with Crippen LogP contribution in [-0.2, 0) is 4.74 Å². The summed E-state index contributed by atoms with van der Waals surface area (Å²) in [7, 11) is 0. The summed E-state index contributed by atoms with van der Waals surface area (Å²) >= 11 is 0. The van der Waals surface area contributed by atoms with E-state index in [9.17, 15) is 4.79 Å². The molecular weight excluding hydrogens is 306 g/mol. The average Bonchev–Trinajstić information content (AvgIpc) is 2.82. The molecule has 1 aliphatic heterocycles. The molecule has 1 aliphatic rings. The molecule has 0 bridgehead atoms. The first-order chi connectivity index (χ1) is 11.2. The second-order valence-corrected chi connectivity index (χ2v) is 7.81. The Morgan fingerprint density at radius 3 is 2.75 bits per heavy atom. The Hall–Kier alpha value is -1.56. The summed E-state index contributed by atoms with van der Waals surface area (Å²) in [5, 5.41) is 7.62. The minimum atomic E-state index is -0.449. The lowest BCUT2D eigenvalue weighted by Crippen LogP contribution is -2.49. The summed E-state index contributed by atoms with van der Waals surface area (Å²) in [5.41, 5.74) is 1.69. The average molecular weight is 337 g/mol. The summed E-state index contributed by atoms with van der Waals surface area (Å²) in [4.78, 5) is 14.0. The molecular formula is C18H31N3O3. The van der Waals surface area contributed by atoms with Gasteiger partial charge in [0.25, 0.3) is 0 Å². The Balaban J connectivity index is 1.86. The van der Waals surface area contributed by atoms with Crippen molar-refractivity contribution < 1.29 is 14.1 Å². The van der Waals surface area contributed by atoms with Crippen molar-refractivity contribution in [2.45, 2.75) is 71.9 Å². The molecule has 2 heterocycles. The van der Waals surface area contributed by atoms with Gasteiger partial charge in [0.2, 0.25) is 0 Å². The minimum Gasteiger partial charge on any atom is -0.444 e. The van der Waals surface area contributed by atoms with E-state index in [4.69, 9.17) is 9.26 Å². The Morgan fingerprint density at radius 2 is 2.17 bits per heavy atom. The van der Waals surface area contributed by atoms with E-state index in [0.717, 1.165) is 37.4 Å². The highest BCUT2D eigenvalue weighted by Gasteiger charge is 2.28. The van der Waals surface area contributed by atoms with Gasteiger partial charge < -0.3 is 19.5 Å².